The summed E-state index contributed by atoms with van der Waals surface area (Å²) >= 11 is 0. The smallest absolute Gasteiger partial charge is 0.0701 e. The van der Waals surface area contributed by atoms with E-state index in [0.29, 0.717) is 6.04 Å². The molecule has 0 aromatic heterocycles. The molecule has 2 heteroatoms. The van der Waals surface area contributed by atoms with Crippen LogP contribution in [-0.2, 0) is 0 Å². The summed E-state index contributed by atoms with van der Waals surface area (Å²) in [6, 6.07) is 0.710. The van der Waals surface area contributed by atoms with Gasteiger partial charge in [-0.1, -0.05) is 20.3 Å². The average Bonchev–Trinajstić information content (AvgIpc) is 2.04. The van der Waals surface area contributed by atoms with Crippen molar-refractivity contribution >= 4 is 0 Å². The summed E-state index contributed by atoms with van der Waals surface area (Å²) in [6.45, 7) is 7.87. The summed E-state index contributed by atoms with van der Waals surface area (Å²) in [4.78, 5) is 2.45. The van der Waals surface area contributed by atoms with Crippen molar-refractivity contribution in [3.63, 3.8) is 0 Å². The Hall–Kier alpha value is -0.0800. The fraction of sp³-hybridized carbons (Fsp3) is 1.00. The first-order valence-electron chi connectivity index (χ1n) is 5.19. The van der Waals surface area contributed by atoms with Crippen LogP contribution in [0.2, 0.25) is 0 Å². The van der Waals surface area contributed by atoms with Crippen molar-refractivity contribution in [1.82, 2.24) is 4.90 Å². The van der Waals surface area contributed by atoms with Crippen molar-refractivity contribution in [2.24, 2.45) is 5.73 Å². The second-order valence-corrected chi connectivity index (χ2v) is 4.06. The van der Waals surface area contributed by atoms with E-state index < -0.39 is 0 Å². The van der Waals surface area contributed by atoms with Crippen LogP contribution in [0, 0.1) is 0 Å². The van der Waals surface area contributed by atoms with Crippen molar-refractivity contribution in [3.8, 4) is 0 Å². The summed E-state index contributed by atoms with van der Waals surface area (Å²) in [7, 11) is 0. The molecule has 2 atom stereocenters. The molecule has 1 fully saturated rings. The molecule has 0 bridgehead atoms. The summed E-state index contributed by atoms with van der Waals surface area (Å²) in [5, 5.41) is 0. The Kier molecular flexibility index (Phi) is 3.13. The molecular formula is C10H22N2. The molecule has 0 aliphatic carbocycles. The molecule has 1 aliphatic heterocycles. The Labute approximate surface area is 76.1 Å². The lowest BCUT2D eigenvalue weighted by Crippen LogP contribution is -2.69. The summed E-state index contributed by atoms with van der Waals surface area (Å²) in [6.07, 6.45) is 4.81. The van der Waals surface area contributed by atoms with Gasteiger partial charge < -0.3 is 5.73 Å². The van der Waals surface area contributed by atoms with E-state index in [1.54, 1.807) is 0 Å². The fourth-order valence-corrected chi connectivity index (χ4v) is 2.18. The molecule has 0 radical (unpaired) electrons. The molecule has 72 valence electrons. The Bertz CT molecular complexity index is 147. The normalized spacial score (nSPS) is 36.5. The van der Waals surface area contributed by atoms with Crippen molar-refractivity contribution in [2.75, 3.05) is 6.54 Å². The number of unbranched alkanes of at least 4 members (excludes halogenated alkanes) is 1. The van der Waals surface area contributed by atoms with Gasteiger partial charge in [0.25, 0.3) is 0 Å². The quantitative estimate of drug-likeness (QED) is 0.698. The Morgan fingerprint density at radius 1 is 1.50 bits per heavy atom. The molecule has 2 N–H and O–H groups in total. The van der Waals surface area contributed by atoms with Crippen LogP contribution in [0.15, 0.2) is 0 Å². The molecule has 2 unspecified atom stereocenters. The topological polar surface area (TPSA) is 29.3 Å². The molecule has 0 saturated carbocycles. The lowest BCUT2D eigenvalue weighted by molar-refractivity contribution is -0.0651. The van der Waals surface area contributed by atoms with Crippen LogP contribution in [0.3, 0.4) is 0 Å². The predicted molar refractivity (Wildman–Crippen MR) is 52.9 cm³/mol. The first kappa shape index (κ1) is 10.0. The van der Waals surface area contributed by atoms with E-state index in [9.17, 15) is 0 Å². The predicted octanol–water partition coefficient (Wildman–Crippen LogP) is 1.95. The zero-order valence-corrected chi connectivity index (χ0v) is 8.64. The molecule has 0 aromatic carbocycles. The van der Waals surface area contributed by atoms with Crippen LogP contribution >= 0.6 is 0 Å². The third kappa shape index (κ3) is 1.64. The largest absolute Gasteiger partial charge is 0.313 e. The van der Waals surface area contributed by atoms with E-state index in [1.807, 2.05) is 0 Å². The maximum absolute atomic E-state index is 6.20. The van der Waals surface area contributed by atoms with E-state index >= 15 is 0 Å². The molecule has 0 spiro atoms. The van der Waals surface area contributed by atoms with Crippen molar-refractivity contribution in [2.45, 2.75) is 58.2 Å². The van der Waals surface area contributed by atoms with Crippen LogP contribution in [-0.4, -0.2) is 23.1 Å². The molecule has 12 heavy (non-hydrogen) atoms. The van der Waals surface area contributed by atoms with Gasteiger partial charge in [-0.15, -0.1) is 0 Å². The first-order chi connectivity index (χ1) is 5.64. The fourth-order valence-electron chi connectivity index (χ4n) is 2.18. The number of rotatable bonds is 4. The molecule has 2 nitrogen and oxygen atoms in total. The highest BCUT2D eigenvalue weighted by molar-refractivity contribution is 4.98. The van der Waals surface area contributed by atoms with Crippen LogP contribution in [0.5, 0.6) is 0 Å². The zero-order valence-electron chi connectivity index (χ0n) is 8.64. The van der Waals surface area contributed by atoms with Gasteiger partial charge in [0, 0.05) is 12.6 Å². The summed E-state index contributed by atoms with van der Waals surface area (Å²) in [5.74, 6) is 0. The van der Waals surface area contributed by atoms with E-state index in [0.717, 1.165) is 6.42 Å². The van der Waals surface area contributed by atoms with Crippen LogP contribution in [0.1, 0.15) is 46.5 Å². The van der Waals surface area contributed by atoms with Gasteiger partial charge in [0.2, 0.25) is 0 Å². The highest BCUT2D eigenvalue weighted by Crippen LogP contribution is 2.34. The number of hydrogen-bond donors (Lipinski definition) is 1. The van der Waals surface area contributed by atoms with E-state index in [4.69, 9.17) is 5.73 Å². The molecular weight excluding hydrogens is 148 g/mol. The Balaban J connectivity index is 2.38. The second kappa shape index (κ2) is 3.75. The highest BCUT2D eigenvalue weighted by Gasteiger charge is 2.44. The van der Waals surface area contributed by atoms with Crippen molar-refractivity contribution in [1.29, 1.82) is 0 Å². The minimum Gasteiger partial charge on any atom is -0.313 e. The monoisotopic (exact) mass is 170 g/mol. The SMILES string of the molecule is CCCCN1C(C)CC1(N)CC. The van der Waals surface area contributed by atoms with E-state index in [-0.39, 0.29) is 5.66 Å². The van der Waals surface area contributed by atoms with Gasteiger partial charge in [0.1, 0.15) is 0 Å². The third-order valence-electron chi connectivity index (χ3n) is 3.12. The lowest BCUT2D eigenvalue weighted by Gasteiger charge is -2.55. The maximum Gasteiger partial charge on any atom is 0.0701 e. The second-order valence-electron chi connectivity index (χ2n) is 4.06. The molecule has 1 heterocycles. The lowest BCUT2D eigenvalue weighted by atomic mass is 9.85. The average molecular weight is 170 g/mol. The molecule has 0 aromatic rings. The van der Waals surface area contributed by atoms with Gasteiger partial charge in [-0.3, -0.25) is 4.90 Å². The third-order valence-corrected chi connectivity index (χ3v) is 3.12. The van der Waals surface area contributed by atoms with Gasteiger partial charge >= 0.3 is 0 Å². The zero-order chi connectivity index (χ0) is 9.19. The minimum absolute atomic E-state index is 0.0363. The minimum atomic E-state index is 0.0363. The van der Waals surface area contributed by atoms with Gasteiger partial charge in [-0.2, -0.15) is 0 Å². The van der Waals surface area contributed by atoms with Gasteiger partial charge in [0.05, 0.1) is 5.66 Å². The highest BCUT2D eigenvalue weighted by atomic mass is 15.3. The Morgan fingerprint density at radius 2 is 2.17 bits per heavy atom. The van der Waals surface area contributed by atoms with Gasteiger partial charge in [-0.25, -0.2) is 0 Å². The maximum atomic E-state index is 6.20. The number of nitrogens with zero attached hydrogens (tertiary/aromatic N) is 1. The first-order valence-corrected chi connectivity index (χ1v) is 5.19. The standard InChI is InChI=1S/C10H22N2/c1-4-6-7-12-9(3)8-10(12,11)5-2/h9H,4-8,11H2,1-3H3. The number of hydrogen-bond acceptors (Lipinski definition) is 2. The Morgan fingerprint density at radius 3 is 2.58 bits per heavy atom. The van der Waals surface area contributed by atoms with E-state index in [1.165, 1.54) is 25.8 Å². The van der Waals surface area contributed by atoms with Crippen LogP contribution in [0.4, 0.5) is 0 Å². The van der Waals surface area contributed by atoms with Gasteiger partial charge in [-0.05, 0) is 26.2 Å². The number of likely N-dealkylation sites (tertiary alicyclic amines) is 1. The van der Waals surface area contributed by atoms with E-state index in [2.05, 4.69) is 25.7 Å². The van der Waals surface area contributed by atoms with Crippen molar-refractivity contribution < 1.29 is 0 Å². The van der Waals surface area contributed by atoms with Gasteiger partial charge in [0.15, 0.2) is 0 Å². The van der Waals surface area contributed by atoms with Crippen LogP contribution in [0.25, 0.3) is 0 Å². The molecule has 1 rings (SSSR count). The summed E-state index contributed by atoms with van der Waals surface area (Å²) in [5.41, 5.74) is 6.24. The molecule has 1 aliphatic rings. The number of nitrogens with two attached hydrogens (primary N) is 1. The van der Waals surface area contributed by atoms with Crippen molar-refractivity contribution in [3.05, 3.63) is 0 Å². The summed E-state index contributed by atoms with van der Waals surface area (Å²) < 4.78 is 0. The molecule has 1 saturated heterocycles. The van der Waals surface area contributed by atoms with Crippen LogP contribution < -0.4 is 5.73 Å². The molecule has 0 amide bonds.